The Morgan fingerprint density at radius 2 is 1.83 bits per heavy atom. The van der Waals surface area contributed by atoms with E-state index in [1.807, 2.05) is 36.0 Å². The first-order valence-electron chi connectivity index (χ1n) is 11.0. The molecule has 0 bridgehead atoms. The average Bonchev–Trinajstić information content (AvgIpc) is 3.24. The van der Waals surface area contributed by atoms with Gasteiger partial charge in [-0.25, -0.2) is 0 Å². The van der Waals surface area contributed by atoms with Gasteiger partial charge in [0.05, 0.1) is 5.92 Å². The van der Waals surface area contributed by atoms with Crippen molar-refractivity contribution < 1.29 is 9.21 Å². The summed E-state index contributed by atoms with van der Waals surface area (Å²) < 4.78 is 5.95. The van der Waals surface area contributed by atoms with Crippen LogP contribution in [0.2, 0.25) is 0 Å². The van der Waals surface area contributed by atoms with Gasteiger partial charge in [0.15, 0.2) is 5.58 Å². The van der Waals surface area contributed by atoms with E-state index >= 15 is 0 Å². The van der Waals surface area contributed by atoms with Crippen LogP contribution in [0.1, 0.15) is 25.7 Å². The lowest BCUT2D eigenvalue weighted by molar-refractivity contribution is -0.137. The maximum atomic E-state index is 13.0. The van der Waals surface area contributed by atoms with Gasteiger partial charge in [-0.1, -0.05) is 12.1 Å². The maximum Gasteiger partial charge on any atom is 0.298 e. The van der Waals surface area contributed by atoms with E-state index in [9.17, 15) is 4.79 Å². The van der Waals surface area contributed by atoms with E-state index in [4.69, 9.17) is 4.42 Å². The van der Waals surface area contributed by atoms with Crippen molar-refractivity contribution in [2.45, 2.75) is 31.7 Å². The van der Waals surface area contributed by atoms with Crippen LogP contribution >= 0.6 is 11.8 Å². The maximum absolute atomic E-state index is 13.0. The number of oxazole rings is 1. The molecule has 3 fully saturated rings. The van der Waals surface area contributed by atoms with Crippen molar-refractivity contribution in [3.63, 3.8) is 0 Å². The molecule has 1 amide bonds. The number of carbonyl (C=O) groups excluding carboxylic acids is 1. The monoisotopic (exact) mass is 414 g/mol. The summed E-state index contributed by atoms with van der Waals surface area (Å²) in [5, 5.41) is 0. The van der Waals surface area contributed by atoms with Crippen LogP contribution in [-0.2, 0) is 4.79 Å². The average molecular weight is 415 g/mol. The van der Waals surface area contributed by atoms with Crippen LogP contribution in [0.4, 0.5) is 6.01 Å². The van der Waals surface area contributed by atoms with Crippen molar-refractivity contribution >= 4 is 34.8 Å². The molecule has 0 aliphatic carbocycles. The molecule has 5 rings (SSSR count). The number of para-hydroxylation sites is 2. The lowest BCUT2D eigenvalue weighted by atomic mass is 9.93. The van der Waals surface area contributed by atoms with Crippen LogP contribution in [0.25, 0.3) is 11.1 Å². The zero-order valence-electron chi connectivity index (χ0n) is 17.0. The molecule has 3 saturated heterocycles. The minimum absolute atomic E-state index is 0.196. The summed E-state index contributed by atoms with van der Waals surface area (Å²) in [4.78, 5) is 24.6. The molecule has 2 aromatic rings. The predicted octanol–water partition coefficient (Wildman–Crippen LogP) is 3.08. The van der Waals surface area contributed by atoms with Crippen LogP contribution in [0.15, 0.2) is 28.7 Å². The predicted molar refractivity (Wildman–Crippen MR) is 117 cm³/mol. The summed E-state index contributed by atoms with van der Waals surface area (Å²) in [7, 11) is 0. The smallest absolute Gasteiger partial charge is 0.298 e. The molecule has 3 aliphatic heterocycles. The number of benzene rings is 1. The molecule has 0 spiro atoms. The number of hydrogen-bond acceptors (Lipinski definition) is 6. The van der Waals surface area contributed by atoms with E-state index in [0.717, 1.165) is 93.6 Å². The molecule has 29 heavy (non-hydrogen) atoms. The molecule has 156 valence electrons. The molecular formula is C22H30N4O2S. The number of nitrogens with zero attached hydrogens (tertiary/aromatic N) is 4. The highest BCUT2D eigenvalue weighted by atomic mass is 32.2. The van der Waals surface area contributed by atoms with Crippen molar-refractivity contribution in [1.29, 1.82) is 0 Å². The Morgan fingerprint density at radius 3 is 2.62 bits per heavy atom. The number of thioether (sulfide) groups is 1. The second-order valence-electron chi connectivity index (χ2n) is 8.45. The zero-order chi connectivity index (χ0) is 19.6. The number of hydrogen-bond donors (Lipinski definition) is 0. The second kappa shape index (κ2) is 8.56. The molecular weight excluding hydrogens is 384 g/mol. The Bertz CT molecular complexity index is 809. The Kier molecular flexibility index (Phi) is 5.68. The normalized spacial score (nSPS) is 24.9. The van der Waals surface area contributed by atoms with E-state index in [2.05, 4.69) is 19.7 Å². The lowest BCUT2D eigenvalue weighted by Gasteiger charge is -2.42. The number of likely N-dealkylation sites (tertiary alicyclic amines) is 1. The fourth-order valence-electron chi connectivity index (χ4n) is 5.00. The van der Waals surface area contributed by atoms with Gasteiger partial charge in [-0.3, -0.25) is 9.69 Å². The zero-order valence-corrected chi connectivity index (χ0v) is 17.8. The molecule has 6 nitrogen and oxygen atoms in total. The molecule has 1 aromatic heterocycles. The van der Waals surface area contributed by atoms with E-state index in [-0.39, 0.29) is 5.92 Å². The third kappa shape index (κ3) is 4.12. The highest BCUT2D eigenvalue weighted by Gasteiger charge is 2.34. The van der Waals surface area contributed by atoms with Crippen LogP contribution in [0.3, 0.4) is 0 Å². The molecule has 3 aliphatic rings. The van der Waals surface area contributed by atoms with Crippen LogP contribution in [0, 0.1) is 5.92 Å². The van der Waals surface area contributed by atoms with Gasteiger partial charge in [-0.05, 0) is 44.4 Å². The van der Waals surface area contributed by atoms with Gasteiger partial charge in [0.25, 0.3) is 6.01 Å². The third-order valence-electron chi connectivity index (χ3n) is 6.66. The number of aromatic nitrogens is 1. The fraction of sp³-hybridized carbons (Fsp3) is 0.636. The molecule has 7 heteroatoms. The first-order valence-corrected chi connectivity index (χ1v) is 12.1. The number of piperidine rings is 2. The first kappa shape index (κ1) is 19.2. The summed E-state index contributed by atoms with van der Waals surface area (Å²) in [6.07, 6.45) is 4.42. The van der Waals surface area contributed by atoms with Crippen molar-refractivity contribution in [3.8, 4) is 0 Å². The van der Waals surface area contributed by atoms with Crippen LogP contribution in [0.5, 0.6) is 0 Å². The van der Waals surface area contributed by atoms with Crippen molar-refractivity contribution in [2.75, 3.05) is 55.7 Å². The molecule has 0 radical (unpaired) electrons. The van der Waals surface area contributed by atoms with E-state index in [1.54, 1.807) is 0 Å². The first-order chi connectivity index (χ1) is 14.3. The number of rotatable bonds is 3. The van der Waals surface area contributed by atoms with Crippen molar-refractivity contribution in [3.05, 3.63) is 24.3 Å². The molecule has 0 unspecified atom stereocenters. The molecule has 1 atom stereocenters. The van der Waals surface area contributed by atoms with Crippen molar-refractivity contribution in [1.82, 2.24) is 14.8 Å². The number of amides is 1. The molecule has 0 saturated carbocycles. The standard InChI is InChI=1S/C22H30N4O2S/c27-21(24-12-14-29-15-13-24)17-4-3-9-26(16-17)18-7-10-25(11-8-18)22-23-19-5-1-2-6-20(19)28-22/h1-2,5-6,17-18H,3-4,7-16H2/t17-/m1/s1. The molecule has 4 heterocycles. The minimum atomic E-state index is 0.196. The van der Waals surface area contributed by atoms with Crippen LogP contribution in [-0.4, -0.2) is 77.5 Å². The number of anilines is 1. The van der Waals surface area contributed by atoms with Gasteiger partial charge in [0.1, 0.15) is 5.52 Å². The van der Waals surface area contributed by atoms with E-state index in [1.165, 1.54) is 0 Å². The summed E-state index contributed by atoms with van der Waals surface area (Å²) in [6.45, 7) is 5.88. The Hall–Kier alpha value is -1.73. The second-order valence-corrected chi connectivity index (χ2v) is 9.68. The molecule has 0 N–H and O–H groups in total. The molecule has 1 aromatic carbocycles. The summed E-state index contributed by atoms with van der Waals surface area (Å²) in [5.41, 5.74) is 1.79. The fourth-order valence-corrected chi connectivity index (χ4v) is 5.90. The van der Waals surface area contributed by atoms with E-state index in [0.29, 0.717) is 11.9 Å². The largest absolute Gasteiger partial charge is 0.423 e. The number of fused-ring (bicyclic) bond motifs is 1. The summed E-state index contributed by atoms with van der Waals surface area (Å²) >= 11 is 1.96. The SMILES string of the molecule is O=C([C@@H]1CCCN(C2CCN(c3nc4ccccc4o3)CC2)C1)N1CCSCC1. The minimum Gasteiger partial charge on any atom is -0.423 e. The Balaban J connectivity index is 1.17. The van der Waals surface area contributed by atoms with Gasteiger partial charge >= 0.3 is 0 Å². The lowest BCUT2D eigenvalue weighted by Crippen LogP contribution is -2.52. The van der Waals surface area contributed by atoms with Gasteiger partial charge < -0.3 is 14.2 Å². The quantitative estimate of drug-likeness (QED) is 0.769. The topological polar surface area (TPSA) is 52.8 Å². The highest BCUT2D eigenvalue weighted by Crippen LogP contribution is 2.29. The van der Waals surface area contributed by atoms with Gasteiger partial charge in [-0.2, -0.15) is 16.7 Å². The van der Waals surface area contributed by atoms with Gasteiger partial charge in [0.2, 0.25) is 5.91 Å². The van der Waals surface area contributed by atoms with Crippen molar-refractivity contribution in [2.24, 2.45) is 5.92 Å². The Labute approximate surface area is 176 Å². The highest BCUT2D eigenvalue weighted by molar-refractivity contribution is 7.99. The van der Waals surface area contributed by atoms with Crippen LogP contribution < -0.4 is 4.90 Å². The third-order valence-corrected chi connectivity index (χ3v) is 7.60. The summed E-state index contributed by atoms with van der Waals surface area (Å²) in [5.74, 6) is 2.79. The summed E-state index contributed by atoms with van der Waals surface area (Å²) in [6, 6.07) is 9.28. The van der Waals surface area contributed by atoms with E-state index < -0.39 is 0 Å². The van der Waals surface area contributed by atoms with Gasteiger partial charge in [-0.15, -0.1) is 0 Å². The Morgan fingerprint density at radius 1 is 1.03 bits per heavy atom. The van der Waals surface area contributed by atoms with Gasteiger partial charge in [0, 0.05) is 50.3 Å². The number of carbonyl (C=O) groups is 1.